The lowest BCUT2D eigenvalue weighted by Gasteiger charge is -2.28. The molecule has 1 aliphatic heterocycles. The van der Waals surface area contributed by atoms with E-state index in [0.29, 0.717) is 53.5 Å². The number of allylic oxidation sites excluding steroid dienone is 1. The molecule has 0 radical (unpaired) electrons. The van der Waals surface area contributed by atoms with Crippen LogP contribution in [0.25, 0.3) is 5.57 Å². The van der Waals surface area contributed by atoms with E-state index in [1.165, 1.54) is 0 Å². The van der Waals surface area contributed by atoms with Gasteiger partial charge in [0.05, 0.1) is 6.54 Å². The summed E-state index contributed by atoms with van der Waals surface area (Å²) in [5.41, 5.74) is 4.42. The summed E-state index contributed by atoms with van der Waals surface area (Å²) in [4.78, 5) is 20.7. The molecule has 0 bridgehead atoms. The highest BCUT2D eigenvalue weighted by molar-refractivity contribution is 6.44. The Kier molecular flexibility index (Phi) is 11.8. The Morgan fingerprint density at radius 3 is 2.29 bits per heavy atom. The summed E-state index contributed by atoms with van der Waals surface area (Å²) >= 11 is 18.9. The third-order valence-corrected chi connectivity index (χ3v) is 7.79. The Morgan fingerprint density at radius 1 is 0.951 bits per heavy atom. The molecule has 1 atom stereocenters. The number of rotatable bonds is 12. The fourth-order valence-corrected chi connectivity index (χ4v) is 5.56. The molecule has 41 heavy (non-hydrogen) atoms. The first-order valence-electron chi connectivity index (χ1n) is 13.9. The van der Waals surface area contributed by atoms with Gasteiger partial charge in [0.1, 0.15) is 5.71 Å². The van der Waals surface area contributed by atoms with Gasteiger partial charge >= 0.3 is 0 Å². The lowest BCUT2D eigenvalue weighted by Crippen LogP contribution is -2.42. The zero-order chi connectivity index (χ0) is 29.2. The fraction of sp³-hybridized carbons (Fsp3) is 0.333. The molecular weight excluding hydrogens is 579 g/mol. The smallest absolute Gasteiger partial charge is 0.272 e. The number of carbonyl (C=O) groups excluding carboxylic acids is 1. The Morgan fingerprint density at radius 2 is 1.63 bits per heavy atom. The van der Waals surface area contributed by atoms with Gasteiger partial charge in [-0.2, -0.15) is 0 Å². The van der Waals surface area contributed by atoms with Gasteiger partial charge in [-0.1, -0.05) is 83.3 Å². The molecule has 0 saturated carbocycles. The predicted molar refractivity (Wildman–Crippen MR) is 169 cm³/mol. The summed E-state index contributed by atoms with van der Waals surface area (Å²) in [6.45, 7) is 5.98. The van der Waals surface area contributed by atoms with Gasteiger partial charge in [0, 0.05) is 41.4 Å². The molecule has 0 fully saturated rings. The van der Waals surface area contributed by atoms with Gasteiger partial charge < -0.3 is 14.4 Å². The van der Waals surface area contributed by atoms with Crippen LogP contribution in [-0.2, 0) is 27.2 Å². The van der Waals surface area contributed by atoms with Crippen LogP contribution in [0.5, 0.6) is 0 Å². The van der Waals surface area contributed by atoms with Crippen LogP contribution in [0.2, 0.25) is 15.1 Å². The molecule has 0 aromatic heterocycles. The average Bonchev–Trinajstić information content (AvgIpc) is 3.17. The van der Waals surface area contributed by atoms with Gasteiger partial charge in [-0.25, -0.2) is 0 Å². The zero-order valence-corrected chi connectivity index (χ0v) is 25.6. The van der Waals surface area contributed by atoms with Crippen LogP contribution < -0.4 is 0 Å². The van der Waals surface area contributed by atoms with Crippen LogP contribution >= 0.6 is 34.8 Å². The molecule has 8 heteroatoms. The van der Waals surface area contributed by atoms with E-state index >= 15 is 0 Å². The van der Waals surface area contributed by atoms with Gasteiger partial charge in [-0.3, -0.25) is 9.79 Å². The van der Waals surface area contributed by atoms with Gasteiger partial charge in [-0.05, 0) is 85.2 Å². The molecule has 0 spiro atoms. The molecule has 0 N–H and O–H groups in total. The first kappa shape index (κ1) is 31.3. The standard InChI is InChI=1S/C33H35Cl3N2O3/c1-3-40-32(41-4-2)22-38(21-23-8-6-5-7-9-23)33(39)31-20-29(24-10-13-27(34)14-11-24)25(16-17-37-31)18-26-12-15-28(35)19-30(26)36/h5-15,19-20,25,32H,3-4,16-18,21-22H2,1-2H3. The summed E-state index contributed by atoms with van der Waals surface area (Å²) in [6.07, 6.45) is 2.83. The molecule has 1 heterocycles. The molecule has 1 amide bonds. The molecular formula is C33H35Cl3N2O3. The normalized spacial score (nSPS) is 15.3. The van der Waals surface area contributed by atoms with Crippen molar-refractivity contribution < 1.29 is 14.3 Å². The molecule has 0 aliphatic carbocycles. The van der Waals surface area contributed by atoms with E-state index in [9.17, 15) is 4.79 Å². The maximum absolute atomic E-state index is 14.2. The topological polar surface area (TPSA) is 51.1 Å². The number of amides is 1. The summed E-state index contributed by atoms with van der Waals surface area (Å²) in [5, 5.41) is 1.87. The highest BCUT2D eigenvalue weighted by atomic mass is 35.5. The van der Waals surface area contributed by atoms with Crippen molar-refractivity contribution in [1.82, 2.24) is 4.90 Å². The average molecular weight is 614 g/mol. The number of nitrogens with zero attached hydrogens (tertiary/aromatic N) is 2. The summed E-state index contributed by atoms with van der Waals surface area (Å²) < 4.78 is 11.6. The minimum absolute atomic E-state index is 0.0751. The number of halogens is 3. The number of hydrogen-bond donors (Lipinski definition) is 0. The van der Waals surface area contributed by atoms with Crippen molar-refractivity contribution >= 4 is 52.0 Å². The summed E-state index contributed by atoms with van der Waals surface area (Å²) in [5.74, 6) is -0.0963. The fourth-order valence-electron chi connectivity index (χ4n) is 4.95. The molecule has 0 saturated heterocycles. The maximum atomic E-state index is 14.2. The van der Waals surface area contributed by atoms with Crippen molar-refractivity contribution in [2.75, 3.05) is 26.3 Å². The Balaban J connectivity index is 1.69. The van der Waals surface area contributed by atoms with Crippen LogP contribution in [-0.4, -0.2) is 49.1 Å². The third kappa shape index (κ3) is 8.91. The van der Waals surface area contributed by atoms with E-state index in [0.717, 1.165) is 28.7 Å². The first-order valence-corrected chi connectivity index (χ1v) is 15.0. The second-order valence-electron chi connectivity index (χ2n) is 9.81. The summed E-state index contributed by atoms with van der Waals surface area (Å²) in [6, 6.07) is 23.2. The summed E-state index contributed by atoms with van der Waals surface area (Å²) in [7, 11) is 0. The Labute approximate surface area is 257 Å². The highest BCUT2D eigenvalue weighted by Gasteiger charge is 2.27. The van der Waals surface area contributed by atoms with Gasteiger partial charge in [-0.15, -0.1) is 0 Å². The lowest BCUT2D eigenvalue weighted by atomic mass is 9.85. The van der Waals surface area contributed by atoms with Crippen LogP contribution in [0.1, 0.15) is 37.0 Å². The van der Waals surface area contributed by atoms with Crippen molar-refractivity contribution in [3.05, 3.63) is 111 Å². The Bertz CT molecular complexity index is 1350. The lowest BCUT2D eigenvalue weighted by molar-refractivity contribution is -0.156. The third-order valence-electron chi connectivity index (χ3n) is 6.95. The second-order valence-corrected chi connectivity index (χ2v) is 11.1. The molecule has 5 nitrogen and oxygen atoms in total. The molecule has 1 aliphatic rings. The van der Waals surface area contributed by atoms with E-state index in [1.54, 1.807) is 11.0 Å². The van der Waals surface area contributed by atoms with Crippen molar-refractivity contribution in [2.24, 2.45) is 10.9 Å². The molecule has 3 aromatic carbocycles. The molecule has 3 aromatic rings. The predicted octanol–water partition coefficient (Wildman–Crippen LogP) is 8.16. The SMILES string of the molecule is CCOC(CN(Cc1ccccc1)C(=O)C1=NCCC(Cc2ccc(Cl)cc2Cl)C(c2ccc(Cl)cc2)=C1)OCC. The number of hydrogen-bond acceptors (Lipinski definition) is 4. The van der Waals surface area contributed by atoms with Crippen LogP contribution in [0, 0.1) is 5.92 Å². The van der Waals surface area contributed by atoms with E-state index < -0.39 is 6.29 Å². The second kappa shape index (κ2) is 15.5. The maximum Gasteiger partial charge on any atom is 0.272 e. The number of ether oxygens (including phenoxy) is 2. The van der Waals surface area contributed by atoms with Crippen LogP contribution in [0.15, 0.2) is 83.9 Å². The van der Waals surface area contributed by atoms with E-state index in [-0.39, 0.29) is 18.4 Å². The highest BCUT2D eigenvalue weighted by Crippen LogP contribution is 2.34. The van der Waals surface area contributed by atoms with Crippen LogP contribution in [0.4, 0.5) is 0 Å². The quantitative estimate of drug-likeness (QED) is 0.194. The van der Waals surface area contributed by atoms with Crippen molar-refractivity contribution in [1.29, 1.82) is 0 Å². The van der Waals surface area contributed by atoms with Crippen LogP contribution in [0.3, 0.4) is 0 Å². The number of carbonyl (C=O) groups is 1. The largest absolute Gasteiger partial charge is 0.351 e. The number of aliphatic imine (C=N–C) groups is 1. The van der Waals surface area contributed by atoms with Crippen molar-refractivity contribution in [2.45, 2.75) is 39.5 Å². The monoisotopic (exact) mass is 612 g/mol. The Hall–Kier alpha value is -2.67. The van der Waals surface area contributed by atoms with E-state index in [1.807, 2.05) is 86.7 Å². The van der Waals surface area contributed by atoms with E-state index in [2.05, 4.69) is 0 Å². The number of benzene rings is 3. The zero-order valence-electron chi connectivity index (χ0n) is 23.4. The molecule has 1 unspecified atom stereocenters. The van der Waals surface area contributed by atoms with Gasteiger partial charge in [0.25, 0.3) is 5.91 Å². The van der Waals surface area contributed by atoms with E-state index in [4.69, 9.17) is 49.3 Å². The molecule has 4 rings (SSSR count). The minimum atomic E-state index is -0.538. The molecule has 216 valence electrons. The minimum Gasteiger partial charge on any atom is -0.351 e. The van der Waals surface area contributed by atoms with Gasteiger partial charge in [0.2, 0.25) is 0 Å². The first-order chi connectivity index (χ1) is 19.9. The van der Waals surface area contributed by atoms with Gasteiger partial charge in [0.15, 0.2) is 6.29 Å². The van der Waals surface area contributed by atoms with Crippen molar-refractivity contribution in [3.8, 4) is 0 Å². The van der Waals surface area contributed by atoms with Crippen molar-refractivity contribution in [3.63, 3.8) is 0 Å².